The molecule has 0 spiro atoms. The van der Waals surface area contributed by atoms with Crippen LogP contribution in [0.25, 0.3) is 10.4 Å². The van der Waals surface area contributed by atoms with Gasteiger partial charge in [0.15, 0.2) is 5.78 Å². The molecule has 1 heterocycles. The summed E-state index contributed by atoms with van der Waals surface area (Å²) >= 11 is 7.89. The van der Waals surface area contributed by atoms with Crippen molar-refractivity contribution in [2.75, 3.05) is 7.11 Å². The molecule has 0 bridgehead atoms. The summed E-state index contributed by atoms with van der Waals surface area (Å²) in [5.41, 5.74) is 9.16. The third-order valence-electron chi connectivity index (χ3n) is 5.02. The van der Waals surface area contributed by atoms with Gasteiger partial charge < -0.3 is 10.5 Å². The topological polar surface area (TPSA) is 64.7 Å². The van der Waals surface area contributed by atoms with Crippen molar-refractivity contribution in [1.82, 2.24) is 0 Å². The van der Waals surface area contributed by atoms with E-state index in [2.05, 4.69) is 0 Å². The Labute approximate surface area is 192 Å². The number of rotatable bonds is 7. The molecule has 0 unspecified atom stereocenters. The van der Waals surface area contributed by atoms with Crippen molar-refractivity contribution in [2.45, 2.75) is 26.4 Å². The lowest BCUT2D eigenvalue weighted by Gasteiger charge is -2.23. The van der Waals surface area contributed by atoms with Crippen LogP contribution in [0.3, 0.4) is 0 Å². The molecule has 3 aromatic rings. The van der Waals surface area contributed by atoms with E-state index in [1.807, 2.05) is 74.5 Å². The Hall–Kier alpha value is -2.73. The Kier molecular flexibility index (Phi) is 7.11. The van der Waals surface area contributed by atoms with E-state index in [1.165, 1.54) is 0 Å². The summed E-state index contributed by atoms with van der Waals surface area (Å²) in [6.45, 7) is 5.37. The van der Waals surface area contributed by atoms with Gasteiger partial charge in [-0.3, -0.25) is 4.79 Å². The Morgan fingerprint density at radius 1 is 1.10 bits per heavy atom. The van der Waals surface area contributed by atoms with Crippen molar-refractivity contribution < 1.29 is 9.53 Å². The summed E-state index contributed by atoms with van der Waals surface area (Å²) in [6.07, 6.45) is 1.82. The maximum absolute atomic E-state index is 12.1. The van der Waals surface area contributed by atoms with Crippen LogP contribution in [0.4, 0.5) is 5.69 Å². The highest BCUT2D eigenvalue weighted by Gasteiger charge is 2.21. The van der Waals surface area contributed by atoms with Gasteiger partial charge in [0.1, 0.15) is 5.60 Å². The van der Waals surface area contributed by atoms with Gasteiger partial charge in [-0.15, -0.1) is 11.3 Å². The van der Waals surface area contributed by atoms with Gasteiger partial charge in [0.25, 0.3) is 0 Å². The smallest absolute Gasteiger partial charge is 0.160 e. The van der Waals surface area contributed by atoms with E-state index in [-0.39, 0.29) is 5.78 Å². The average Bonchev–Trinajstić information content (AvgIpc) is 3.24. The predicted octanol–water partition coefficient (Wildman–Crippen LogP) is 6.66. The molecule has 2 N–H and O–H groups in total. The molecule has 31 heavy (non-hydrogen) atoms. The summed E-state index contributed by atoms with van der Waals surface area (Å²) < 4.78 is 5.52. The second-order valence-electron chi connectivity index (χ2n) is 7.53. The van der Waals surface area contributed by atoms with Crippen LogP contribution in [0.15, 0.2) is 77.4 Å². The van der Waals surface area contributed by atoms with Crippen molar-refractivity contribution >= 4 is 40.1 Å². The zero-order valence-corrected chi connectivity index (χ0v) is 19.6. The number of hydrogen-bond acceptors (Lipinski definition) is 5. The van der Waals surface area contributed by atoms with Crippen molar-refractivity contribution in [2.24, 2.45) is 10.7 Å². The number of ether oxygens (including phenoxy) is 1. The molecule has 2 aromatic carbocycles. The number of hydrogen-bond donors (Lipinski definition) is 1. The van der Waals surface area contributed by atoms with E-state index in [1.54, 1.807) is 31.4 Å². The van der Waals surface area contributed by atoms with Gasteiger partial charge >= 0.3 is 0 Å². The first-order valence-electron chi connectivity index (χ1n) is 9.79. The van der Waals surface area contributed by atoms with Gasteiger partial charge in [-0.1, -0.05) is 48.0 Å². The van der Waals surface area contributed by atoms with Gasteiger partial charge in [0.2, 0.25) is 0 Å². The largest absolute Gasteiger partial charge is 0.400 e. The van der Waals surface area contributed by atoms with E-state index in [0.29, 0.717) is 27.7 Å². The van der Waals surface area contributed by atoms with Crippen LogP contribution >= 0.6 is 22.9 Å². The monoisotopic (exact) mass is 452 g/mol. The van der Waals surface area contributed by atoms with E-state index >= 15 is 0 Å². The fourth-order valence-electron chi connectivity index (χ4n) is 2.89. The number of nitrogens with two attached hydrogens (primary N) is 1. The van der Waals surface area contributed by atoms with Crippen molar-refractivity contribution in [3.05, 3.63) is 87.9 Å². The normalized spacial score (nSPS) is 12.8. The van der Waals surface area contributed by atoms with Gasteiger partial charge in [-0.05, 0) is 51.1 Å². The molecule has 0 atom stereocenters. The molecule has 0 radical (unpaired) electrons. The maximum Gasteiger partial charge on any atom is 0.160 e. The quantitative estimate of drug-likeness (QED) is 0.322. The summed E-state index contributed by atoms with van der Waals surface area (Å²) in [5, 5.41) is 0.552. The second-order valence-corrected chi connectivity index (χ2v) is 9.02. The first kappa shape index (κ1) is 22.9. The minimum absolute atomic E-state index is 0.0292. The summed E-state index contributed by atoms with van der Waals surface area (Å²) in [6, 6.07) is 19.0. The highest BCUT2D eigenvalue weighted by molar-refractivity contribution is 7.17. The molecule has 0 saturated heterocycles. The van der Waals surface area contributed by atoms with Crippen molar-refractivity contribution in [3.63, 3.8) is 0 Å². The maximum atomic E-state index is 12.1. The SMILES string of the molecule is COC(C)(C)C(N)=CC(=Nc1ccccc1Cl)c1ccc(-c2ccccc2C(C)=O)s1. The van der Waals surface area contributed by atoms with Gasteiger partial charge in [-0.2, -0.15) is 0 Å². The second kappa shape index (κ2) is 9.60. The molecule has 0 saturated carbocycles. The Morgan fingerprint density at radius 2 is 1.77 bits per heavy atom. The third-order valence-corrected chi connectivity index (χ3v) is 6.48. The Balaban J connectivity index is 2.13. The standard InChI is InChI=1S/C25H25ClN2O2S/c1-16(29)17-9-5-6-10-18(17)22-13-14-23(31-22)21(15-24(27)25(2,3)30-4)28-20-12-8-7-11-19(20)26/h5-15H,27H2,1-4H3. The zero-order valence-electron chi connectivity index (χ0n) is 18.0. The van der Waals surface area contributed by atoms with E-state index in [4.69, 9.17) is 27.1 Å². The number of carbonyl (C=O) groups is 1. The summed E-state index contributed by atoms with van der Waals surface area (Å²) in [7, 11) is 1.62. The number of benzene rings is 2. The van der Waals surface area contributed by atoms with Gasteiger partial charge in [0, 0.05) is 28.8 Å². The average molecular weight is 453 g/mol. The van der Waals surface area contributed by atoms with Crippen molar-refractivity contribution in [1.29, 1.82) is 0 Å². The highest BCUT2D eigenvalue weighted by atomic mass is 35.5. The minimum atomic E-state index is -0.650. The number of allylic oxidation sites excluding steroid dienone is 1. The molecule has 4 nitrogen and oxygen atoms in total. The van der Waals surface area contributed by atoms with E-state index in [9.17, 15) is 4.79 Å². The number of halogens is 1. The predicted molar refractivity (Wildman–Crippen MR) is 131 cm³/mol. The molecule has 3 rings (SSSR count). The lowest BCUT2D eigenvalue weighted by molar-refractivity contribution is 0.0539. The van der Waals surface area contributed by atoms with Crippen LogP contribution in [0, 0.1) is 0 Å². The molecule has 0 aliphatic heterocycles. The van der Waals surface area contributed by atoms with Crippen LogP contribution < -0.4 is 5.73 Å². The Bertz CT molecular complexity index is 1160. The van der Waals surface area contributed by atoms with E-state index in [0.717, 1.165) is 15.3 Å². The number of carbonyl (C=O) groups excluding carboxylic acids is 1. The molecule has 0 amide bonds. The lowest BCUT2D eigenvalue weighted by atomic mass is 10.0. The molecule has 1 aromatic heterocycles. The van der Waals surface area contributed by atoms with Crippen LogP contribution in [0.5, 0.6) is 0 Å². The number of nitrogens with zero attached hydrogens (tertiary/aromatic N) is 1. The fraction of sp³-hybridized carbons (Fsp3) is 0.200. The van der Waals surface area contributed by atoms with Crippen LogP contribution in [0.1, 0.15) is 36.0 Å². The number of thiophene rings is 1. The molecule has 0 fully saturated rings. The fourth-order valence-corrected chi connectivity index (χ4v) is 4.08. The minimum Gasteiger partial charge on any atom is -0.400 e. The lowest BCUT2D eigenvalue weighted by Crippen LogP contribution is -2.31. The van der Waals surface area contributed by atoms with Crippen LogP contribution in [-0.4, -0.2) is 24.2 Å². The number of ketones is 1. The number of Topliss-reactive ketones (excluding diaryl/α,β-unsaturated/α-hetero) is 1. The van der Waals surface area contributed by atoms with Crippen molar-refractivity contribution in [3.8, 4) is 10.4 Å². The molecular weight excluding hydrogens is 428 g/mol. The third kappa shape index (κ3) is 5.31. The molecule has 0 aliphatic carbocycles. The van der Waals surface area contributed by atoms with Crippen LogP contribution in [-0.2, 0) is 4.74 Å². The summed E-state index contributed by atoms with van der Waals surface area (Å²) in [4.78, 5) is 18.8. The first-order chi connectivity index (χ1) is 14.7. The highest BCUT2D eigenvalue weighted by Crippen LogP contribution is 2.33. The van der Waals surface area contributed by atoms with Gasteiger partial charge in [-0.25, -0.2) is 4.99 Å². The number of methoxy groups -OCH3 is 1. The molecule has 6 heteroatoms. The zero-order chi connectivity index (χ0) is 22.6. The van der Waals surface area contributed by atoms with E-state index < -0.39 is 5.60 Å². The van der Waals surface area contributed by atoms with Gasteiger partial charge in [0.05, 0.1) is 21.3 Å². The Morgan fingerprint density at radius 3 is 2.45 bits per heavy atom. The van der Waals surface area contributed by atoms with Crippen LogP contribution in [0.2, 0.25) is 5.02 Å². The molecule has 0 aliphatic rings. The number of para-hydroxylation sites is 1. The number of aliphatic imine (C=N–C) groups is 1. The summed E-state index contributed by atoms with van der Waals surface area (Å²) in [5.74, 6) is 0.0292. The first-order valence-corrected chi connectivity index (χ1v) is 11.0. The molecular formula is C25H25ClN2O2S. The molecule has 160 valence electrons.